The molecule has 5 heteroatoms. The Morgan fingerprint density at radius 2 is 1.86 bits per heavy atom. The van der Waals surface area contributed by atoms with Crippen LogP contribution in [0.1, 0.15) is 34.5 Å². The number of nitrogens with one attached hydrogen (secondary N) is 1. The van der Waals surface area contributed by atoms with Crippen LogP contribution in [0.2, 0.25) is 10.0 Å². The van der Waals surface area contributed by atoms with Crippen LogP contribution >= 0.6 is 23.2 Å². The van der Waals surface area contributed by atoms with Crippen molar-refractivity contribution in [2.75, 3.05) is 0 Å². The van der Waals surface area contributed by atoms with E-state index in [9.17, 15) is 4.79 Å². The molecule has 1 unspecified atom stereocenters. The zero-order valence-electron chi connectivity index (χ0n) is 11.6. The maximum atomic E-state index is 11.0. The van der Waals surface area contributed by atoms with E-state index in [0.29, 0.717) is 22.2 Å². The predicted molar refractivity (Wildman–Crippen MR) is 86.7 cm³/mol. The van der Waals surface area contributed by atoms with Gasteiger partial charge in [0.15, 0.2) is 0 Å². The molecular formula is C16H16Cl2N2O. The van der Waals surface area contributed by atoms with Gasteiger partial charge in [-0.25, -0.2) is 0 Å². The van der Waals surface area contributed by atoms with Gasteiger partial charge in [-0.05, 0) is 42.3 Å². The van der Waals surface area contributed by atoms with Crippen molar-refractivity contribution < 1.29 is 4.79 Å². The Morgan fingerprint density at radius 3 is 2.43 bits per heavy atom. The lowest BCUT2D eigenvalue weighted by molar-refractivity contribution is 0.100. The molecule has 1 amide bonds. The van der Waals surface area contributed by atoms with Gasteiger partial charge >= 0.3 is 0 Å². The number of amides is 1. The second-order valence-corrected chi connectivity index (χ2v) is 5.67. The Hall–Kier alpha value is -1.55. The van der Waals surface area contributed by atoms with Crippen molar-refractivity contribution >= 4 is 29.1 Å². The lowest BCUT2D eigenvalue weighted by Gasteiger charge is -2.16. The van der Waals surface area contributed by atoms with Gasteiger partial charge < -0.3 is 11.1 Å². The van der Waals surface area contributed by atoms with Crippen LogP contribution in [-0.2, 0) is 6.54 Å². The molecule has 0 aliphatic rings. The standard InChI is InChI=1S/C16H16Cl2N2O/c1-10(14-7-6-13(17)8-15(14)18)20-9-11-2-4-12(5-3-11)16(19)21/h2-8,10,20H,9H2,1H3,(H2,19,21). The Bertz CT molecular complexity index is 641. The lowest BCUT2D eigenvalue weighted by atomic mass is 10.1. The molecule has 21 heavy (non-hydrogen) atoms. The van der Waals surface area contributed by atoms with E-state index < -0.39 is 5.91 Å². The Balaban J connectivity index is 2.00. The molecule has 3 N–H and O–H groups in total. The first-order valence-corrected chi connectivity index (χ1v) is 7.30. The molecule has 0 spiro atoms. The lowest BCUT2D eigenvalue weighted by Crippen LogP contribution is -2.18. The number of primary amides is 1. The van der Waals surface area contributed by atoms with Crippen molar-refractivity contribution in [3.63, 3.8) is 0 Å². The molecule has 3 nitrogen and oxygen atoms in total. The molecule has 0 aliphatic heterocycles. The summed E-state index contributed by atoms with van der Waals surface area (Å²) in [5.74, 6) is -0.421. The average Bonchev–Trinajstić information content (AvgIpc) is 2.45. The Labute approximate surface area is 134 Å². The van der Waals surface area contributed by atoms with E-state index in [2.05, 4.69) is 5.32 Å². The molecule has 2 aromatic rings. The molecular weight excluding hydrogens is 307 g/mol. The minimum atomic E-state index is -0.421. The molecule has 2 rings (SSSR count). The summed E-state index contributed by atoms with van der Waals surface area (Å²) in [6, 6.07) is 12.8. The van der Waals surface area contributed by atoms with Gasteiger partial charge in [0.05, 0.1) is 0 Å². The van der Waals surface area contributed by atoms with Crippen molar-refractivity contribution in [2.45, 2.75) is 19.5 Å². The average molecular weight is 323 g/mol. The third-order valence-corrected chi connectivity index (χ3v) is 3.84. The van der Waals surface area contributed by atoms with Gasteiger partial charge in [0.1, 0.15) is 0 Å². The summed E-state index contributed by atoms with van der Waals surface area (Å²) in [7, 11) is 0. The summed E-state index contributed by atoms with van der Waals surface area (Å²) in [5.41, 5.74) is 7.78. The van der Waals surface area contributed by atoms with E-state index >= 15 is 0 Å². The van der Waals surface area contributed by atoms with Crippen LogP contribution < -0.4 is 11.1 Å². The van der Waals surface area contributed by atoms with Gasteiger partial charge in [-0.15, -0.1) is 0 Å². The van der Waals surface area contributed by atoms with Crippen LogP contribution in [0.15, 0.2) is 42.5 Å². The highest BCUT2D eigenvalue weighted by molar-refractivity contribution is 6.35. The minimum absolute atomic E-state index is 0.0885. The minimum Gasteiger partial charge on any atom is -0.366 e. The first-order valence-electron chi connectivity index (χ1n) is 6.54. The summed E-state index contributed by atoms with van der Waals surface area (Å²) < 4.78 is 0. The van der Waals surface area contributed by atoms with Gasteiger partial charge in [0, 0.05) is 28.2 Å². The molecule has 0 aromatic heterocycles. The number of rotatable bonds is 5. The van der Waals surface area contributed by atoms with Crippen LogP contribution in [0.4, 0.5) is 0 Å². The van der Waals surface area contributed by atoms with Crippen molar-refractivity contribution in [1.82, 2.24) is 5.32 Å². The molecule has 0 fully saturated rings. The summed E-state index contributed by atoms with van der Waals surface area (Å²) in [4.78, 5) is 11.0. The van der Waals surface area contributed by atoms with Crippen LogP contribution in [0.5, 0.6) is 0 Å². The van der Waals surface area contributed by atoms with E-state index in [1.165, 1.54) is 0 Å². The first kappa shape index (κ1) is 15.8. The van der Waals surface area contributed by atoms with Crippen LogP contribution in [0.3, 0.4) is 0 Å². The predicted octanol–water partition coefficient (Wildman–Crippen LogP) is 3.94. The molecule has 0 bridgehead atoms. The van der Waals surface area contributed by atoms with E-state index in [0.717, 1.165) is 11.1 Å². The van der Waals surface area contributed by atoms with Crippen LogP contribution in [-0.4, -0.2) is 5.91 Å². The maximum absolute atomic E-state index is 11.0. The van der Waals surface area contributed by atoms with E-state index in [1.54, 1.807) is 18.2 Å². The van der Waals surface area contributed by atoms with E-state index in [4.69, 9.17) is 28.9 Å². The largest absolute Gasteiger partial charge is 0.366 e. The van der Waals surface area contributed by atoms with Crippen LogP contribution in [0.25, 0.3) is 0 Å². The molecule has 0 aliphatic carbocycles. The zero-order chi connectivity index (χ0) is 15.4. The Kier molecular flexibility index (Phi) is 5.23. The highest BCUT2D eigenvalue weighted by Crippen LogP contribution is 2.26. The quantitative estimate of drug-likeness (QED) is 0.875. The third kappa shape index (κ3) is 4.21. The fourth-order valence-electron chi connectivity index (χ4n) is 2.02. The summed E-state index contributed by atoms with van der Waals surface area (Å²) >= 11 is 12.1. The molecule has 0 saturated carbocycles. The van der Waals surface area contributed by atoms with Crippen molar-refractivity contribution in [1.29, 1.82) is 0 Å². The number of hydrogen-bond donors (Lipinski definition) is 2. The third-order valence-electron chi connectivity index (χ3n) is 3.28. The Morgan fingerprint density at radius 1 is 1.19 bits per heavy atom. The molecule has 110 valence electrons. The van der Waals surface area contributed by atoms with Gasteiger partial charge in [-0.1, -0.05) is 41.4 Å². The molecule has 0 radical (unpaired) electrons. The van der Waals surface area contributed by atoms with Gasteiger partial charge in [0.25, 0.3) is 0 Å². The number of carbonyl (C=O) groups is 1. The monoisotopic (exact) mass is 322 g/mol. The van der Waals surface area contributed by atoms with Gasteiger partial charge in [-0.2, -0.15) is 0 Å². The SMILES string of the molecule is CC(NCc1ccc(C(N)=O)cc1)c1ccc(Cl)cc1Cl. The highest BCUT2D eigenvalue weighted by atomic mass is 35.5. The number of carbonyl (C=O) groups excluding carboxylic acids is 1. The normalized spacial score (nSPS) is 12.1. The fourth-order valence-corrected chi connectivity index (χ4v) is 2.59. The summed E-state index contributed by atoms with van der Waals surface area (Å²) in [5, 5.41) is 4.65. The number of halogens is 2. The summed E-state index contributed by atoms with van der Waals surface area (Å²) in [6.45, 7) is 2.70. The van der Waals surface area contributed by atoms with Crippen LogP contribution in [0, 0.1) is 0 Å². The highest BCUT2D eigenvalue weighted by Gasteiger charge is 2.09. The fraction of sp³-hybridized carbons (Fsp3) is 0.188. The summed E-state index contributed by atoms with van der Waals surface area (Å²) in [6.07, 6.45) is 0. The van der Waals surface area contributed by atoms with Crippen molar-refractivity contribution in [3.05, 3.63) is 69.2 Å². The topological polar surface area (TPSA) is 55.1 Å². The van der Waals surface area contributed by atoms with Crippen molar-refractivity contribution in [2.24, 2.45) is 5.73 Å². The second-order valence-electron chi connectivity index (χ2n) is 4.83. The van der Waals surface area contributed by atoms with E-state index in [1.807, 2.05) is 31.2 Å². The van der Waals surface area contributed by atoms with Crippen molar-refractivity contribution in [3.8, 4) is 0 Å². The smallest absolute Gasteiger partial charge is 0.248 e. The van der Waals surface area contributed by atoms with Gasteiger partial charge in [-0.3, -0.25) is 4.79 Å². The number of benzene rings is 2. The van der Waals surface area contributed by atoms with Gasteiger partial charge in [0.2, 0.25) is 5.91 Å². The number of nitrogens with two attached hydrogens (primary N) is 1. The molecule has 1 atom stereocenters. The van der Waals surface area contributed by atoms with E-state index in [-0.39, 0.29) is 6.04 Å². The molecule has 0 saturated heterocycles. The number of hydrogen-bond acceptors (Lipinski definition) is 2. The molecule has 0 heterocycles. The zero-order valence-corrected chi connectivity index (χ0v) is 13.1. The molecule has 2 aromatic carbocycles. The first-order chi connectivity index (χ1) is 9.97. The maximum Gasteiger partial charge on any atom is 0.248 e. The second kappa shape index (κ2) is 6.94.